The van der Waals surface area contributed by atoms with Gasteiger partial charge in [-0.3, -0.25) is 0 Å². The van der Waals surface area contributed by atoms with E-state index < -0.39 is 6.10 Å². The first-order valence-electron chi connectivity index (χ1n) is 9.17. The molecule has 3 saturated carbocycles. The second kappa shape index (κ2) is 4.93. The quantitative estimate of drug-likeness (QED) is 0.655. The summed E-state index contributed by atoms with van der Waals surface area (Å²) < 4.78 is 13.0. The van der Waals surface area contributed by atoms with E-state index in [9.17, 15) is 9.50 Å². The monoisotopic (exact) mass is 304 g/mol. The molecule has 22 heavy (non-hydrogen) atoms. The van der Waals surface area contributed by atoms with Crippen LogP contribution in [0.1, 0.15) is 65.2 Å². The minimum Gasteiger partial charge on any atom is -0.388 e. The van der Waals surface area contributed by atoms with Gasteiger partial charge in [-0.2, -0.15) is 0 Å². The van der Waals surface area contributed by atoms with Crippen molar-refractivity contribution in [1.82, 2.24) is 0 Å². The van der Waals surface area contributed by atoms with Crippen LogP contribution in [0.3, 0.4) is 0 Å². The largest absolute Gasteiger partial charge is 0.388 e. The van der Waals surface area contributed by atoms with Crippen LogP contribution in [0.4, 0.5) is 4.39 Å². The number of rotatable bonds is 0. The van der Waals surface area contributed by atoms with Crippen molar-refractivity contribution in [1.29, 1.82) is 0 Å². The van der Waals surface area contributed by atoms with Crippen molar-refractivity contribution in [2.75, 3.05) is 0 Å². The molecule has 0 amide bonds. The zero-order chi connectivity index (χ0) is 15.5. The summed E-state index contributed by atoms with van der Waals surface area (Å²) in [5.74, 6) is 2.41. The van der Waals surface area contributed by atoms with E-state index >= 15 is 0 Å². The van der Waals surface area contributed by atoms with Gasteiger partial charge in [-0.05, 0) is 73.5 Å². The third-order valence-corrected chi connectivity index (χ3v) is 7.99. The molecule has 0 aromatic carbocycles. The second-order valence-corrected chi connectivity index (χ2v) is 8.92. The highest BCUT2D eigenvalue weighted by molar-refractivity contribution is 5.36. The lowest BCUT2D eigenvalue weighted by Crippen LogP contribution is -2.50. The second-order valence-electron chi connectivity index (χ2n) is 8.92. The molecular formula is C20H29FO. The molecule has 1 N–H and O–H groups in total. The molecule has 0 radical (unpaired) electrons. The van der Waals surface area contributed by atoms with E-state index in [1.165, 1.54) is 44.1 Å². The summed E-state index contributed by atoms with van der Waals surface area (Å²) >= 11 is 0. The van der Waals surface area contributed by atoms with Crippen molar-refractivity contribution in [3.05, 3.63) is 23.6 Å². The molecule has 0 bridgehead atoms. The van der Waals surface area contributed by atoms with Gasteiger partial charge in [0, 0.05) is 5.57 Å². The molecule has 4 rings (SSSR count). The molecular weight excluding hydrogens is 275 g/mol. The van der Waals surface area contributed by atoms with E-state index in [0.29, 0.717) is 23.2 Å². The summed E-state index contributed by atoms with van der Waals surface area (Å²) in [6, 6.07) is 0. The minimum atomic E-state index is -0.616. The maximum atomic E-state index is 13.0. The van der Waals surface area contributed by atoms with E-state index in [2.05, 4.69) is 13.8 Å². The number of hydrogen-bond acceptors (Lipinski definition) is 1. The molecule has 4 aliphatic carbocycles. The Morgan fingerprint density at radius 3 is 2.77 bits per heavy atom. The standard InChI is InChI=1S/C20H29FO/c1-19-8-3-4-16(19)15-6-5-14-10-13(12-21)18(22)11-20(14,2)17(15)7-9-19/h10,12,15-18,22H,3-9,11H2,1-2H3/t15-,16-,17+,18?,19-,20-/m0/s1. The number of aliphatic hydroxyl groups is 1. The van der Waals surface area contributed by atoms with Crippen molar-refractivity contribution in [2.45, 2.75) is 71.3 Å². The van der Waals surface area contributed by atoms with E-state index in [1.54, 1.807) is 0 Å². The lowest BCUT2D eigenvalue weighted by Gasteiger charge is -2.58. The molecule has 1 unspecified atom stereocenters. The fraction of sp³-hybridized carbons (Fsp3) is 0.800. The van der Waals surface area contributed by atoms with Crippen molar-refractivity contribution in [3.8, 4) is 0 Å². The third kappa shape index (κ3) is 1.92. The summed E-state index contributed by atoms with van der Waals surface area (Å²) in [5, 5.41) is 10.3. The average molecular weight is 304 g/mol. The summed E-state index contributed by atoms with van der Waals surface area (Å²) in [6.07, 6.45) is 12.0. The van der Waals surface area contributed by atoms with Gasteiger partial charge in [0.1, 0.15) is 0 Å². The van der Waals surface area contributed by atoms with Crippen LogP contribution in [0.2, 0.25) is 0 Å². The highest BCUT2D eigenvalue weighted by atomic mass is 19.1. The SMILES string of the molecule is C[C@@]12CCC[C@H]1[C@@H]1CCC3=CC(=CF)C(O)C[C@]3(C)[C@@H]1CC2. The minimum absolute atomic E-state index is 0.0960. The van der Waals surface area contributed by atoms with Crippen LogP contribution in [-0.2, 0) is 0 Å². The third-order valence-electron chi connectivity index (χ3n) is 7.99. The Kier molecular flexibility index (Phi) is 3.35. The molecule has 1 nitrogen and oxygen atoms in total. The van der Waals surface area contributed by atoms with E-state index in [0.717, 1.165) is 24.7 Å². The first-order valence-corrected chi connectivity index (χ1v) is 9.17. The first-order chi connectivity index (χ1) is 10.5. The molecule has 0 spiro atoms. The molecule has 0 aliphatic heterocycles. The maximum Gasteiger partial charge on any atom is 0.0924 e. The van der Waals surface area contributed by atoms with Gasteiger partial charge in [-0.1, -0.05) is 31.9 Å². The van der Waals surface area contributed by atoms with Gasteiger partial charge in [0.15, 0.2) is 0 Å². The van der Waals surface area contributed by atoms with Gasteiger partial charge < -0.3 is 5.11 Å². The van der Waals surface area contributed by atoms with E-state index in [4.69, 9.17) is 0 Å². The zero-order valence-electron chi connectivity index (χ0n) is 13.9. The Labute approximate surface area is 133 Å². The Hall–Kier alpha value is -0.630. The highest BCUT2D eigenvalue weighted by Crippen LogP contribution is 2.65. The fourth-order valence-electron chi connectivity index (χ4n) is 6.76. The molecule has 0 aromatic heterocycles. The normalized spacial score (nSPS) is 52.7. The number of fused-ring (bicyclic) bond motifs is 5. The Balaban J connectivity index is 1.70. The van der Waals surface area contributed by atoms with Gasteiger partial charge in [0.25, 0.3) is 0 Å². The van der Waals surface area contributed by atoms with Gasteiger partial charge >= 0.3 is 0 Å². The zero-order valence-corrected chi connectivity index (χ0v) is 13.9. The Morgan fingerprint density at radius 1 is 1.18 bits per heavy atom. The van der Waals surface area contributed by atoms with Crippen LogP contribution in [0.25, 0.3) is 0 Å². The summed E-state index contributed by atoms with van der Waals surface area (Å²) in [6.45, 7) is 4.87. The molecule has 3 fully saturated rings. The number of halogens is 1. The highest BCUT2D eigenvalue weighted by Gasteiger charge is 2.56. The van der Waals surface area contributed by atoms with Crippen molar-refractivity contribution >= 4 is 0 Å². The Bertz CT molecular complexity index is 536. The van der Waals surface area contributed by atoms with Crippen LogP contribution >= 0.6 is 0 Å². The van der Waals surface area contributed by atoms with Gasteiger partial charge in [0.05, 0.1) is 12.4 Å². The topological polar surface area (TPSA) is 20.2 Å². The fourth-order valence-corrected chi connectivity index (χ4v) is 6.76. The average Bonchev–Trinajstić information content (AvgIpc) is 2.88. The van der Waals surface area contributed by atoms with Crippen molar-refractivity contribution in [2.24, 2.45) is 28.6 Å². The molecule has 2 heteroatoms. The van der Waals surface area contributed by atoms with Gasteiger partial charge in [-0.25, -0.2) is 4.39 Å². The first kappa shape index (κ1) is 14.9. The molecule has 0 heterocycles. The molecule has 122 valence electrons. The number of allylic oxidation sites excluding steroid dienone is 1. The number of aliphatic hydroxyl groups excluding tert-OH is 1. The van der Waals surface area contributed by atoms with Crippen molar-refractivity contribution < 1.29 is 9.50 Å². The Morgan fingerprint density at radius 2 is 2.00 bits per heavy atom. The van der Waals surface area contributed by atoms with Crippen LogP contribution in [0, 0.1) is 28.6 Å². The number of hydrogen-bond donors (Lipinski definition) is 1. The van der Waals surface area contributed by atoms with Crippen LogP contribution < -0.4 is 0 Å². The van der Waals surface area contributed by atoms with Crippen LogP contribution in [0.5, 0.6) is 0 Å². The smallest absolute Gasteiger partial charge is 0.0924 e. The lowest BCUT2D eigenvalue weighted by atomic mass is 9.47. The summed E-state index contributed by atoms with van der Waals surface area (Å²) in [5.41, 5.74) is 2.58. The predicted molar refractivity (Wildman–Crippen MR) is 86.9 cm³/mol. The molecule has 4 aliphatic rings. The van der Waals surface area contributed by atoms with E-state index in [-0.39, 0.29) is 5.41 Å². The van der Waals surface area contributed by atoms with Gasteiger partial charge in [-0.15, -0.1) is 0 Å². The van der Waals surface area contributed by atoms with Crippen molar-refractivity contribution in [3.63, 3.8) is 0 Å². The van der Waals surface area contributed by atoms with Gasteiger partial charge in [0.2, 0.25) is 0 Å². The van der Waals surface area contributed by atoms with Crippen LogP contribution in [-0.4, -0.2) is 11.2 Å². The predicted octanol–water partition coefficient (Wildman–Crippen LogP) is 5.16. The van der Waals surface area contributed by atoms with Crippen LogP contribution in [0.15, 0.2) is 23.6 Å². The summed E-state index contributed by atoms with van der Waals surface area (Å²) in [7, 11) is 0. The molecule has 6 atom stereocenters. The maximum absolute atomic E-state index is 13.0. The summed E-state index contributed by atoms with van der Waals surface area (Å²) in [4.78, 5) is 0. The van der Waals surface area contributed by atoms with E-state index in [1.807, 2.05) is 6.08 Å². The molecule has 0 aromatic rings. The lowest BCUT2D eigenvalue weighted by molar-refractivity contribution is -0.0464. The molecule has 0 saturated heterocycles.